The van der Waals surface area contributed by atoms with E-state index in [0.29, 0.717) is 18.2 Å². The highest BCUT2D eigenvalue weighted by Crippen LogP contribution is 2.64. The molecule has 1 aromatic rings. The van der Waals surface area contributed by atoms with Crippen LogP contribution in [-0.2, 0) is 4.79 Å². The van der Waals surface area contributed by atoms with Crippen LogP contribution in [0.1, 0.15) is 71.6 Å². The summed E-state index contributed by atoms with van der Waals surface area (Å²) in [6.45, 7) is 4.93. The van der Waals surface area contributed by atoms with Crippen LogP contribution >= 0.6 is 0 Å². The van der Waals surface area contributed by atoms with E-state index in [-0.39, 0.29) is 11.3 Å². The van der Waals surface area contributed by atoms with E-state index < -0.39 is 5.60 Å². The van der Waals surface area contributed by atoms with Crippen molar-refractivity contribution in [2.45, 2.75) is 77.2 Å². The van der Waals surface area contributed by atoms with Crippen molar-refractivity contribution >= 4 is 17.2 Å². The smallest absolute Gasteiger partial charge is 0.157 e. The molecule has 5 nitrogen and oxygen atoms in total. The molecule has 0 spiro atoms. The van der Waals surface area contributed by atoms with Crippen LogP contribution in [0.2, 0.25) is 0 Å². The van der Waals surface area contributed by atoms with Gasteiger partial charge in [-0.3, -0.25) is 9.80 Å². The Kier molecular flexibility index (Phi) is 4.89. The van der Waals surface area contributed by atoms with Gasteiger partial charge in [-0.25, -0.2) is 0 Å². The first-order chi connectivity index (χ1) is 15.4. The number of benzene rings is 1. The van der Waals surface area contributed by atoms with E-state index in [1.54, 1.807) is 0 Å². The van der Waals surface area contributed by atoms with Crippen molar-refractivity contribution in [2.75, 3.05) is 17.0 Å². The molecule has 0 radical (unpaired) electrons. The van der Waals surface area contributed by atoms with Crippen LogP contribution in [0, 0.1) is 40.9 Å². The average molecular weight is 438 g/mol. The van der Waals surface area contributed by atoms with Gasteiger partial charge in [-0.05, 0) is 112 Å². The third kappa shape index (κ3) is 3.22. The van der Waals surface area contributed by atoms with E-state index in [2.05, 4.69) is 24.0 Å². The zero-order chi connectivity index (χ0) is 22.1. The standard InChI is InChI=1S/C27H39N3O2/c1-26(32)13-11-18-17(15-26)7-8-20-19(18)12-14-27(2)21(20)9-10-22(27)25(31)16-30-24-6-4-3-5-23(24)28-29-30/h3-6,17-22,28-29,32H,7-16H2,1-2H3. The molecule has 3 N–H and O–H groups in total. The summed E-state index contributed by atoms with van der Waals surface area (Å²) in [7, 11) is 0. The number of para-hydroxylation sites is 2. The highest BCUT2D eigenvalue weighted by Gasteiger charge is 2.58. The number of ketones is 1. The minimum atomic E-state index is -0.445. The second kappa shape index (κ2) is 7.46. The SMILES string of the molecule is CC1(O)CCC2C(CCC3C2CCC2(C)C(C(=O)CN4NNc5ccccc54)CCC32)C1. The van der Waals surface area contributed by atoms with Crippen LogP contribution in [0.3, 0.4) is 0 Å². The van der Waals surface area contributed by atoms with Crippen LogP contribution in [0.4, 0.5) is 11.4 Å². The summed E-state index contributed by atoms with van der Waals surface area (Å²) >= 11 is 0. The third-order valence-corrected chi connectivity index (χ3v) is 10.5. The Morgan fingerprint density at radius 2 is 1.84 bits per heavy atom. The minimum Gasteiger partial charge on any atom is -0.390 e. The highest BCUT2D eigenvalue weighted by molar-refractivity contribution is 5.88. The number of hydrogen-bond acceptors (Lipinski definition) is 5. The predicted octanol–water partition coefficient (Wildman–Crippen LogP) is 4.93. The number of rotatable bonds is 3. The van der Waals surface area contributed by atoms with Crippen LogP contribution in [-0.4, -0.2) is 23.0 Å². The molecule has 4 aliphatic carbocycles. The summed E-state index contributed by atoms with van der Waals surface area (Å²) in [4.78, 5) is 13.6. The molecule has 174 valence electrons. The van der Waals surface area contributed by atoms with Crippen LogP contribution in [0.5, 0.6) is 0 Å². The second-order valence-electron chi connectivity index (χ2n) is 12.2. The Labute approximate surface area is 192 Å². The summed E-state index contributed by atoms with van der Waals surface area (Å²) < 4.78 is 0. The predicted molar refractivity (Wildman–Crippen MR) is 127 cm³/mol. The topological polar surface area (TPSA) is 64.6 Å². The maximum atomic E-state index is 13.6. The Bertz CT molecular complexity index is 901. The van der Waals surface area contributed by atoms with Crippen molar-refractivity contribution in [3.05, 3.63) is 24.3 Å². The molecule has 8 atom stereocenters. The molecule has 5 aliphatic rings. The molecule has 1 heterocycles. The maximum Gasteiger partial charge on any atom is 0.157 e. The zero-order valence-electron chi connectivity index (χ0n) is 19.6. The molecular weight excluding hydrogens is 398 g/mol. The number of aliphatic hydroxyl groups is 1. The average Bonchev–Trinajstić information content (AvgIpc) is 3.33. The minimum absolute atomic E-state index is 0.165. The fourth-order valence-corrected chi connectivity index (χ4v) is 9.00. The number of hydrogen-bond donors (Lipinski definition) is 3. The number of hydrazine groups is 2. The van der Waals surface area contributed by atoms with Crippen LogP contribution in [0.25, 0.3) is 0 Å². The lowest BCUT2D eigenvalue weighted by molar-refractivity contribution is -0.131. The lowest BCUT2D eigenvalue weighted by Gasteiger charge is -2.56. The van der Waals surface area contributed by atoms with Gasteiger partial charge in [0.15, 0.2) is 5.78 Å². The third-order valence-electron chi connectivity index (χ3n) is 10.5. The fraction of sp³-hybridized carbons (Fsp3) is 0.741. The van der Waals surface area contributed by atoms with E-state index in [4.69, 9.17) is 0 Å². The molecule has 8 unspecified atom stereocenters. The molecular formula is C27H39N3O2. The summed E-state index contributed by atoms with van der Waals surface area (Å²) in [6.07, 6.45) is 10.6. The highest BCUT2D eigenvalue weighted by atomic mass is 16.3. The molecule has 0 saturated heterocycles. The molecule has 1 aliphatic heterocycles. The first-order valence-electron chi connectivity index (χ1n) is 13.0. The summed E-state index contributed by atoms with van der Waals surface area (Å²) in [5, 5.41) is 12.6. The number of nitrogens with zero attached hydrogens (tertiary/aromatic N) is 1. The van der Waals surface area contributed by atoms with E-state index in [9.17, 15) is 9.90 Å². The van der Waals surface area contributed by atoms with Gasteiger partial charge in [-0.1, -0.05) is 19.1 Å². The van der Waals surface area contributed by atoms with Gasteiger partial charge in [0, 0.05) is 5.92 Å². The van der Waals surface area contributed by atoms with E-state index in [1.165, 1.54) is 38.5 Å². The molecule has 4 fully saturated rings. The van der Waals surface area contributed by atoms with Gasteiger partial charge < -0.3 is 10.5 Å². The van der Waals surface area contributed by atoms with E-state index in [0.717, 1.165) is 54.3 Å². The fourth-order valence-electron chi connectivity index (χ4n) is 9.00. The second-order valence-corrected chi connectivity index (χ2v) is 12.2. The number of anilines is 2. The van der Waals surface area contributed by atoms with Gasteiger partial charge in [0.25, 0.3) is 0 Å². The van der Waals surface area contributed by atoms with Gasteiger partial charge >= 0.3 is 0 Å². The lowest BCUT2D eigenvalue weighted by atomic mass is 9.49. The van der Waals surface area contributed by atoms with Gasteiger partial charge in [-0.2, -0.15) is 0 Å². The molecule has 32 heavy (non-hydrogen) atoms. The van der Waals surface area contributed by atoms with Gasteiger partial charge in [0.1, 0.15) is 0 Å². The molecule has 4 saturated carbocycles. The molecule has 0 amide bonds. The van der Waals surface area contributed by atoms with Crippen molar-refractivity contribution in [3.8, 4) is 0 Å². The zero-order valence-corrected chi connectivity index (χ0v) is 19.6. The molecule has 6 rings (SSSR count). The summed E-state index contributed by atoms with van der Waals surface area (Å²) in [5.74, 6) is 4.45. The first-order valence-corrected chi connectivity index (χ1v) is 13.0. The number of carbonyl (C=O) groups excluding carboxylic acids is 1. The summed E-state index contributed by atoms with van der Waals surface area (Å²) in [5.41, 5.74) is 8.20. The van der Waals surface area contributed by atoms with Crippen molar-refractivity contribution < 1.29 is 9.90 Å². The lowest BCUT2D eigenvalue weighted by Crippen LogP contribution is -2.51. The Morgan fingerprint density at radius 3 is 2.72 bits per heavy atom. The molecule has 5 heteroatoms. The number of fused-ring (bicyclic) bond motifs is 6. The van der Waals surface area contributed by atoms with Crippen LogP contribution < -0.4 is 16.0 Å². The number of nitrogens with one attached hydrogen (secondary N) is 2. The Hall–Kier alpha value is -1.59. The van der Waals surface area contributed by atoms with Crippen LogP contribution in [0.15, 0.2) is 24.3 Å². The Morgan fingerprint density at radius 1 is 1.03 bits per heavy atom. The van der Waals surface area contributed by atoms with Crippen molar-refractivity contribution in [3.63, 3.8) is 0 Å². The van der Waals surface area contributed by atoms with Crippen molar-refractivity contribution in [1.82, 2.24) is 5.53 Å². The van der Waals surface area contributed by atoms with Gasteiger partial charge in [-0.15, -0.1) is 5.53 Å². The number of carbonyl (C=O) groups is 1. The first kappa shape index (κ1) is 21.0. The maximum absolute atomic E-state index is 13.6. The van der Waals surface area contributed by atoms with Gasteiger partial charge in [0.2, 0.25) is 0 Å². The number of Topliss-reactive ketones (excluding diaryl/α,β-unsaturated/α-hetero) is 1. The van der Waals surface area contributed by atoms with Gasteiger partial charge in [0.05, 0.1) is 23.5 Å². The summed E-state index contributed by atoms with van der Waals surface area (Å²) in [6, 6.07) is 8.16. The molecule has 0 bridgehead atoms. The monoisotopic (exact) mass is 437 g/mol. The molecule has 0 aromatic heterocycles. The normalized spacial score (nSPS) is 44.8. The van der Waals surface area contributed by atoms with E-state index >= 15 is 0 Å². The molecule has 1 aromatic carbocycles. The van der Waals surface area contributed by atoms with Crippen molar-refractivity contribution in [2.24, 2.45) is 40.9 Å². The van der Waals surface area contributed by atoms with Crippen molar-refractivity contribution in [1.29, 1.82) is 0 Å². The Balaban J connectivity index is 1.17. The van der Waals surface area contributed by atoms with E-state index in [1.807, 2.05) is 30.1 Å². The largest absolute Gasteiger partial charge is 0.390 e. The quantitative estimate of drug-likeness (QED) is 0.626.